The molecule has 0 saturated carbocycles. The number of rotatable bonds is 5. The molecule has 0 spiro atoms. The maximum absolute atomic E-state index is 5.79. The predicted octanol–water partition coefficient (Wildman–Crippen LogP) is 3.23. The molecular weight excluding hydrogens is 280 g/mol. The Kier molecular flexibility index (Phi) is 4.91. The fraction of sp³-hybridized carbons (Fsp3) is 0.529. The summed E-state index contributed by atoms with van der Waals surface area (Å²) in [5.41, 5.74) is 1.50. The molecule has 21 heavy (non-hydrogen) atoms. The minimum absolute atomic E-state index is 0.399. The number of fused-ring (bicyclic) bond motifs is 1. The monoisotopic (exact) mass is 304 g/mol. The van der Waals surface area contributed by atoms with Crippen LogP contribution in [0, 0.1) is 0 Å². The van der Waals surface area contributed by atoms with Crippen LogP contribution in [0.5, 0.6) is 0 Å². The van der Waals surface area contributed by atoms with Crippen molar-refractivity contribution in [1.29, 1.82) is 0 Å². The zero-order valence-corrected chi connectivity index (χ0v) is 13.7. The average molecular weight is 304 g/mol. The molecule has 1 unspecified atom stereocenters. The van der Waals surface area contributed by atoms with Crippen LogP contribution < -0.4 is 5.32 Å². The van der Waals surface area contributed by atoms with E-state index in [9.17, 15) is 0 Å². The van der Waals surface area contributed by atoms with Crippen molar-refractivity contribution in [2.45, 2.75) is 32.5 Å². The molecule has 0 bridgehead atoms. The van der Waals surface area contributed by atoms with Crippen LogP contribution >= 0.6 is 11.3 Å². The Bertz CT molecular complexity index is 595. The van der Waals surface area contributed by atoms with E-state index in [4.69, 9.17) is 4.74 Å². The van der Waals surface area contributed by atoms with Crippen molar-refractivity contribution in [3.63, 3.8) is 0 Å². The molecule has 3 nitrogen and oxygen atoms in total. The zero-order chi connectivity index (χ0) is 14.7. The minimum Gasteiger partial charge on any atom is -0.376 e. The summed E-state index contributed by atoms with van der Waals surface area (Å²) < 4.78 is 7.19. The Morgan fingerprint density at radius 1 is 1.38 bits per heavy atom. The first-order chi connectivity index (χ1) is 10.3. The molecular formula is C17H24N2OS. The third-order valence-electron chi connectivity index (χ3n) is 4.18. The van der Waals surface area contributed by atoms with Crippen molar-refractivity contribution >= 4 is 21.4 Å². The smallest absolute Gasteiger partial charge is 0.0700 e. The summed E-state index contributed by atoms with van der Waals surface area (Å²) in [5.74, 6) is 0. The molecule has 0 radical (unpaired) electrons. The van der Waals surface area contributed by atoms with E-state index in [0.29, 0.717) is 6.10 Å². The molecule has 1 atom stereocenters. The zero-order valence-electron chi connectivity index (χ0n) is 12.9. The van der Waals surface area contributed by atoms with Gasteiger partial charge in [-0.25, -0.2) is 0 Å². The second-order valence-corrected chi connectivity index (χ2v) is 6.80. The Morgan fingerprint density at radius 3 is 3.05 bits per heavy atom. The maximum atomic E-state index is 5.79. The molecule has 0 amide bonds. The summed E-state index contributed by atoms with van der Waals surface area (Å²) in [6.07, 6.45) is 1.50. The molecule has 3 rings (SSSR count). The highest BCUT2D eigenvalue weighted by molar-refractivity contribution is 7.19. The third-order valence-corrected chi connectivity index (χ3v) is 5.39. The average Bonchev–Trinajstić information content (AvgIpc) is 2.86. The highest BCUT2D eigenvalue weighted by Crippen LogP contribution is 2.32. The van der Waals surface area contributed by atoms with Crippen LogP contribution in [0.2, 0.25) is 0 Å². The Balaban J connectivity index is 1.86. The van der Waals surface area contributed by atoms with Gasteiger partial charge >= 0.3 is 0 Å². The summed E-state index contributed by atoms with van der Waals surface area (Å²) in [4.78, 5) is 4.02. The Morgan fingerprint density at radius 2 is 2.24 bits per heavy atom. The van der Waals surface area contributed by atoms with Gasteiger partial charge in [0.2, 0.25) is 0 Å². The number of thiophene rings is 1. The Labute approximate surface area is 130 Å². The quantitative estimate of drug-likeness (QED) is 0.918. The largest absolute Gasteiger partial charge is 0.376 e. The fourth-order valence-electron chi connectivity index (χ4n) is 3.02. The van der Waals surface area contributed by atoms with E-state index in [1.807, 2.05) is 18.4 Å². The molecule has 2 heterocycles. The van der Waals surface area contributed by atoms with E-state index >= 15 is 0 Å². The first kappa shape index (κ1) is 15.0. The van der Waals surface area contributed by atoms with E-state index in [1.165, 1.54) is 20.5 Å². The van der Waals surface area contributed by atoms with Gasteiger partial charge in [-0.2, -0.15) is 0 Å². The molecule has 1 aromatic heterocycles. The molecule has 1 aliphatic rings. The van der Waals surface area contributed by atoms with Crippen molar-refractivity contribution in [3.05, 3.63) is 34.7 Å². The molecule has 1 aliphatic heterocycles. The summed E-state index contributed by atoms with van der Waals surface area (Å²) in [6.45, 7) is 7.17. The molecule has 4 heteroatoms. The van der Waals surface area contributed by atoms with Gasteiger partial charge in [0.25, 0.3) is 0 Å². The van der Waals surface area contributed by atoms with Crippen molar-refractivity contribution in [2.75, 3.05) is 26.7 Å². The number of nitrogens with one attached hydrogen (secondary N) is 1. The number of morpholine rings is 1. The second-order valence-electron chi connectivity index (χ2n) is 5.67. The van der Waals surface area contributed by atoms with Crippen LogP contribution in [-0.4, -0.2) is 37.7 Å². The van der Waals surface area contributed by atoms with E-state index in [1.54, 1.807) is 0 Å². The first-order valence-electron chi connectivity index (χ1n) is 7.79. The lowest BCUT2D eigenvalue weighted by atomic mass is 10.1. The van der Waals surface area contributed by atoms with Gasteiger partial charge in [0.1, 0.15) is 0 Å². The van der Waals surface area contributed by atoms with Gasteiger partial charge in [-0.15, -0.1) is 11.3 Å². The third kappa shape index (κ3) is 3.29. The summed E-state index contributed by atoms with van der Waals surface area (Å²) >= 11 is 1.92. The lowest BCUT2D eigenvalue weighted by Gasteiger charge is -2.32. The minimum atomic E-state index is 0.399. The van der Waals surface area contributed by atoms with Crippen molar-refractivity contribution in [3.8, 4) is 0 Å². The molecule has 1 fully saturated rings. The highest BCUT2D eigenvalue weighted by atomic mass is 32.1. The van der Waals surface area contributed by atoms with E-state index in [-0.39, 0.29) is 0 Å². The van der Waals surface area contributed by atoms with Gasteiger partial charge in [0, 0.05) is 35.8 Å². The van der Waals surface area contributed by atoms with Crippen molar-refractivity contribution in [1.82, 2.24) is 10.2 Å². The SMILES string of the molecule is CCC1CN(Cc2c(CNC)sc3ccccc23)CCO1. The van der Waals surface area contributed by atoms with Crippen molar-refractivity contribution < 1.29 is 4.74 Å². The first-order valence-corrected chi connectivity index (χ1v) is 8.61. The van der Waals surface area contributed by atoms with Crippen molar-refractivity contribution in [2.24, 2.45) is 0 Å². The van der Waals surface area contributed by atoms with Crippen LogP contribution in [0.3, 0.4) is 0 Å². The standard InChI is InChI=1S/C17H24N2OS/c1-3-13-11-19(8-9-20-13)12-15-14-6-4-5-7-16(14)21-17(15)10-18-2/h4-7,13,18H,3,8-12H2,1-2H3. The summed E-state index contributed by atoms with van der Waals surface area (Å²) in [6, 6.07) is 8.78. The van der Waals surface area contributed by atoms with Gasteiger partial charge in [0.15, 0.2) is 0 Å². The van der Waals surface area contributed by atoms with Gasteiger partial charge in [-0.1, -0.05) is 25.1 Å². The molecule has 0 aliphatic carbocycles. The highest BCUT2D eigenvalue weighted by Gasteiger charge is 2.21. The number of hydrogen-bond donors (Lipinski definition) is 1. The van der Waals surface area contributed by atoms with Crippen LogP contribution in [0.25, 0.3) is 10.1 Å². The van der Waals surface area contributed by atoms with E-state index < -0.39 is 0 Å². The number of ether oxygens (including phenoxy) is 1. The molecule has 1 saturated heterocycles. The normalized spacial score (nSPS) is 20.2. The predicted molar refractivity (Wildman–Crippen MR) is 89.9 cm³/mol. The van der Waals surface area contributed by atoms with Crippen LogP contribution in [-0.2, 0) is 17.8 Å². The van der Waals surface area contributed by atoms with Gasteiger partial charge in [-0.05, 0) is 30.5 Å². The lowest BCUT2D eigenvalue weighted by Crippen LogP contribution is -2.41. The topological polar surface area (TPSA) is 24.5 Å². The maximum Gasteiger partial charge on any atom is 0.0700 e. The Hall–Kier alpha value is -0.940. The van der Waals surface area contributed by atoms with Crippen LogP contribution in [0.15, 0.2) is 24.3 Å². The van der Waals surface area contributed by atoms with Crippen LogP contribution in [0.1, 0.15) is 23.8 Å². The number of nitrogens with zero attached hydrogens (tertiary/aromatic N) is 1. The van der Waals surface area contributed by atoms with E-state index in [2.05, 4.69) is 41.4 Å². The van der Waals surface area contributed by atoms with E-state index in [0.717, 1.165) is 39.2 Å². The van der Waals surface area contributed by atoms with Crippen LogP contribution in [0.4, 0.5) is 0 Å². The molecule has 2 aromatic rings. The number of benzene rings is 1. The number of hydrogen-bond acceptors (Lipinski definition) is 4. The summed E-state index contributed by atoms with van der Waals surface area (Å²) in [5, 5.41) is 4.73. The molecule has 114 valence electrons. The van der Waals surface area contributed by atoms with Gasteiger partial charge in [0.05, 0.1) is 12.7 Å². The lowest BCUT2D eigenvalue weighted by molar-refractivity contribution is -0.0323. The second kappa shape index (κ2) is 6.88. The molecule has 1 aromatic carbocycles. The fourth-order valence-corrected chi connectivity index (χ4v) is 4.25. The summed E-state index contributed by atoms with van der Waals surface area (Å²) in [7, 11) is 2.02. The molecule has 1 N–H and O–H groups in total. The van der Waals surface area contributed by atoms with Gasteiger partial charge in [-0.3, -0.25) is 4.90 Å². The van der Waals surface area contributed by atoms with Gasteiger partial charge < -0.3 is 10.1 Å².